The molecule has 0 bridgehead atoms. The van der Waals surface area contributed by atoms with Gasteiger partial charge in [0.05, 0.1) is 0 Å². The SMILES string of the molecule is CO[C]1/C=C/C=C\CCCCCCC1. The third-order valence-corrected chi connectivity index (χ3v) is 2.59. The van der Waals surface area contributed by atoms with Gasteiger partial charge in [-0.1, -0.05) is 43.9 Å². The normalized spacial score (nSPS) is 26.1. The molecule has 1 nitrogen and oxygen atoms in total. The zero-order chi connectivity index (χ0) is 10.1. The Bertz CT molecular complexity index is 182. The van der Waals surface area contributed by atoms with Crippen molar-refractivity contribution in [3.8, 4) is 0 Å². The number of rotatable bonds is 1. The molecule has 0 amide bonds. The number of methoxy groups -OCH3 is 1. The second kappa shape index (κ2) is 7.81. The molecule has 0 saturated heterocycles. The number of hydrogen-bond acceptors (Lipinski definition) is 1. The van der Waals surface area contributed by atoms with Gasteiger partial charge in [0.2, 0.25) is 0 Å². The lowest BCUT2D eigenvalue weighted by molar-refractivity contribution is 0.218. The van der Waals surface area contributed by atoms with Crippen molar-refractivity contribution in [1.29, 1.82) is 0 Å². The number of allylic oxidation sites excluding steroid dienone is 3. The first kappa shape index (κ1) is 11.5. The van der Waals surface area contributed by atoms with Crippen molar-refractivity contribution in [3.63, 3.8) is 0 Å². The molecule has 0 saturated carbocycles. The Morgan fingerprint density at radius 2 is 1.79 bits per heavy atom. The summed E-state index contributed by atoms with van der Waals surface area (Å²) in [6.45, 7) is 0. The molecule has 0 atom stereocenters. The minimum absolute atomic E-state index is 1.08. The predicted molar refractivity (Wildman–Crippen MR) is 60.9 cm³/mol. The van der Waals surface area contributed by atoms with E-state index in [2.05, 4.69) is 24.3 Å². The van der Waals surface area contributed by atoms with Gasteiger partial charge in [0, 0.05) is 7.11 Å². The molecule has 1 radical (unpaired) electrons. The fourth-order valence-electron chi connectivity index (χ4n) is 1.68. The standard InChI is InChI=1S/C13H21O/c1-14-13-11-9-7-5-3-2-4-6-8-10-12-13/h5,7,9,11H,2-4,6,8,10,12H2,1H3/b7-5-,11-9+. The van der Waals surface area contributed by atoms with E-state index in [4.69, 9.17) is 4.74 Å². The molecule has 0 aromatic heterocycles. The Balaban J connectivity index is 2.38. The average Bonchev–Trinajstić information content (AvgIpc) is 2.19. The molecule has 1 rings (SSSR count). The summed E-state index contributed by atoms with van der Waals surface area (Å²) in [5, 5.41) is 0. The van der Waals surface area contributed by atoms with Crippen molar-refractivity contribution in [3.05, 3.63) is 30.4 Å². The first-order chi connectivity index (χ1) is 6.93. The van der Waals surface area contributed by atoms with Crippen LogP contribution in [-0.2, 0) is 4.74 Å². The smallest absolute Gasteiger partial charge is 0.119 e. The van der Waals surface area contributed by atoms with Gasteiger partial charge in [0.15, 0.2) is 0 Å². The van der Waals surface area contributed by atoms with E-state index in [0.29, 0.717) is 0 Å². The molecule has 0 spiro atoms. The molecular formula is C13H21O. The summed E-state index contributed by atoms with van der Waals surface area (Å²) in [7, 11) is 1.76. The molecule has 0 heterocycles. The summed E-state index contributed by atoms with van der Waals surface area (Å²) >= 11 is 0. The highest BCUT2D eigenvalue weighted by molar-refractivity contribution is 5.11. The van der Waals surface area contributed by atoms with E-state index < -0.39 is 0 Å². The highest BCUT2D eigenvalue weighted by Crippen LogP contribution is 2.16. The van der Waals surface area contributed by atoms with Crippen molar-refractivity contribution < 1.29 is 4.74 Å². The second-order valence-electron chi connectivity index (χ2n) is 3.76. The van der Waals surface area contributed by atoms with Crippen LogP contribution in [0.5, 0.6) is 0 Å². The van der Waals surface area contributed by atoms with Crippen molar-refractivity contribution in [2.45, 2.75) is 44.9 Å². The number of ether oxygens (including phenoxy) is 1. The highest BCUT2D eigenvalue weighted by atomic mass is 16.5. The zero-order valence-corrected chi connectivity index (χ0v) is 9.17. The summed E-state index contributed by atoms with van der Waals surface area (Å²) < 4.78 is 5.29. The molecule has 0 aromatic carbocycles. The Morgan fingerprint density at radius 3 is 2.64 bits per heavy atom. The van der Waals surface area contributed by atoms with Gasteiger partial charge < -0.3 is 4.74 Å². The molecule has 0 unspecified atom stereocenters. The van der Waals surface area contributed by atoms with Crippen LogP contribution in [0, 0.1) is 6.10 Å². The van der Waals surface area contributed by atoms with E-state index in [1.807, 2.05) is 0 Å². The first-order valence-corrected chi connectivity index (χ1v) is 5.66. The van der Waals surface area contributed by atoms with Gasteiger partial charge in [0.25, 0.3) is 0 Å². The number of hydrogen-bond donors (Lipinski definition) is 0. The van der Waals surface area contributed by atoms with Gasteiger partial charge in [-0.05, 0) is 25.3 Å². The third-order valence-electron chi connectivity index (χ3n) is 2.59. The Labute approximate surface area is 87.8 Å². The van der Waals surface area contributed by atoms with Crippen LogP contribution in [0.25, 0.3) is 0 Å². The Kier molecular flexibility index (Phi) is 6.42. The minimum atomic E-state index is 1.08. The molecule has 1 aliphatic carbocycles. The molecule has 0 aliphatic heterocycles. The molecule has 0 aromatic rings. The topological polar surface area (TPSA) is 9.23 Å². The highest BCUT2D eigenvalue weighted by Gasteiger charge is 2.03. The van der Waals surface area contributed by atoms with E-state index in [1.54, 1.807) is 7.11 Å². The van der Waals surface area contributed by atoms with Crippen LogP contribution >= 0.6 is 0 Å². The van der Waals surface area contributed by atoms with Gasteiger partial charge in [0.1, 0.15) is 6.10 Å². The van der Waals surface area contributed by atoms with E-state index in [9.17, 15) is 0 Å². The summed E-state index contributed by atoms with van der Waals surface area (Å²) in [5.41, 5.74) is 0. The molecule has 0 fully saturated rings. The summed E-state index contributed by atoms with van der Waals surface area (Å²) in [5.74, 6) is 0. The van der Waals surface area contributed by atoms with E-state index >= 15 is 0 Å². The van der Waals surface area contributed by atoms with Gasteiger partial charge >= 0.3 is 0 Å². The quantitative estimate of drug-likeness (QED) is 0.611. The molecule has 1 aliphatic rings. The fourth-order valence-corrected chi connectivity index (χ4v) is 1.68. The monoisotopic (exact) mass is 193 g/mol. The maximum atomic E-state index is 5.29. The lowest BCUT2D eigenvalue weighted by Crippen LogP contribution is -1.96. The summed E-state index contributed by atoms with van der Waals surface area (Å²) in [6.07, 6.45) is 18.6. The van der Waals surface area contributed by atoms with Crippen LogP contribution in [0.4, 0.5) is 0 Å². The van der Waals surface area contributed by atoms with Crippen LogP contribution < -0.4 is 0 Å². The van der Waals surface area contributed by atoms with Crippen LogP contribution in [0.2, 0.25) is 0 Å². The van der Waals surface area contributed by atoms with Crippen molar-refractivity contribution in [2.24, 2.45) is 0 Å². The molecule has 1 heteroatoms. The molecule has 0 N–H and O–H groups in total. The average molecular weight is 193 g/mol. The molecule has 14 heavy (non-hydrogen) atoms. The van der Waals surface area contributed by atoms with Crippen molar-refractivity contribution in [1.82, 2.24) is 0 Å². The summed E-state index contributed by atoms with van der Waals surface area (Å²) in [6, 6.07) is 0. The van der Waals surface area contributed by atoms with E-state index in [0.717, 1.165) is 12.5 Å². The lowest BCUT2D eigenvalue weighted by atomic mass is 10.1. The maximum Gasteiger partial charge on any atom is 0.119 e. The van der Waals surface area contributed by atoms with Gasteiger partial charge in [-0.15, -0.1) is 0 Å². The minimum Gasteiger partial charge on any atom is -0.371 e. The van der Waals surface area contributed by atoms with Crippen LogP contribution in [0.1, 0.15) is 44.9 Å². The van der Waals surface area contributed by atoms with Crippen molar-refractivity contribution >= 4 is 0 Å². The van der Waals surface area contributed by atoms with Gasteiger partial charge in [-0.2, -0.15) is 0 Å². The maximum absolute atomic E-state index is 5.29. The lowest BCUT2D eigenvalue weighted by Gasteiger charge is -2.09. The Hall–Kier alpha value is -0.560. The second-order valence-corrected chi connectivity index (χ2v) is 3.76. The zero-order valence-electron chi connectivity index (χ0n) is 9.17. The van der Waals surface area contributed by atoms with Crippen molar-refractivity contribution in [2.75, 3.05) is 7.11 Å². The van der Waals surface area contributed by atoms with Gasteiger partial charge in [-0.25, -0.2) is 0 Å². The fraction of sp³-hybridized carbons (Fsp3) is 0.615. The molecule has 79 valence electrons. The first-order valence-electron chi connectivity index (χ1n) is 5.66. The summed E-state index contributed by atoms with van der Waals surface area (Å²) in [4.78, 5) is 0. The largest absolute Gasteiger partial charge is 0.371 e. The predicted octanol–water partition coefficient (Wildman–Crippen LogP) is 4.02. The van der Waals surface area contributed by atoms with E-state index in [1.165, 1.54) is 38.5 Å². The van der Waals surface area contributed by atoms with Crippen LogP contribution in [0.15, 0.2) is 24.3 Å². The Morgan fingerprint density at radius 1 is 1.00 bits per heavy atom. The third kappa shape index (κ3) is 5.23. The van der Waals surface area contributed by atoms with Crippen LogP contribution in [-0.4, -0.2) is 7.11 Å². The molecular weight excluding hydrogens is 172 g/mol. The van der Waals surface area contributed by atoms with Gasteiger partial charge in [-0.3, -0.25) is 0 Å². The van der Waals surface area contributed by atoms with Crippen LogP contribution in [0.3, 0.4) is 0 Å². The van der Waals surface area contributed by atoms with E-state index in [-0.39, 0.29) is 0 Å².